The second-order valence-corrected chi connectivity index (χ2v) is 4.34. The molecule has 0 aliphatic rings. The van der Waals surface area contributed by atoms with E-state index in [1.807, 2.05) is 0 Å². The van der Waals surface area contributed by atoms with Crippen LogP contribution in [0, 0.1) is 0 Å². The summed E-state index contributed by atoms with van der Waals surface area (Å²) < 4.78 is 27.7. The summed E-state index contributed by atoms with van der Waals surface area (Å²) in [5.74, 6) is 0. The number of hydrogen-bond acceptors (Lipinski definition) is 5. The van der Waals surface area contributed by atoms with Crippen molar-refractivity contribution in [2.24, 2.45) is 0 Å². The molecule has 0 aliphatic carbocycles. The van der Waals surface area contributed by atoms with Crippen LogP contribution in [-0.2, 0) is 26.2 Å². The molecule has 0 spiro atoms. The Balaban J connectivity index is 2.57. The van der Waals surface area contributed by atoms with Gasteiger partial charge in [0.15, 0.2) is 0 Å². The summed E-state index contributed by atoms with van der Waals surface area (Å²) >= 11 is 0. The Bertz CT molecular complexity index is 468. The minimum atomic E-state index is -4.36. The molecule has 0 aromatic heterocycles. The third-order valence-electron chi connectivity index (χ3n) is 1.62. The Morgan fingerprint density at radius 1 is 1.31 bits per heavy atom. The summed E-state index contributed by atoms with van der Waals surface area (Å²) in [4.78, 5) is 20.9. The molecule has 0 radical (unpaired) electrons. The molecule has 0 heterocycles. The van der Waals surface area contributed by atoms with Crippen molar-refractivity contribution < 1.29 is 22.7 Å². The maximum atomic E-state index is 11.0. The molecule has 0 bridgehead atoms. The van der Waals surface area contributed by atoms with Gasteiger partial charge < -0.3 is 4.74 Å². The zero-order valence-corrected chi connectivity index (χ0v) is 8.94. The standard InChI is InChI=1S/C9H9NO5S/c11-7-10-16(13,14)9(12)15-6-8-4-2-1-3-5-8/h1-5,7H,6H2,(H,10,11). The molecule has 6 nitrogen and oxygen atoms in total. The van der Waals surface area contributed by atoms with Crippen molar-refractivity contribution >= 4 is 21.7 Å². The normalized spacial score (nSPS) is 10.5. The van der Waals surface area contributed by atoms with Gasteiger partial charge in [0.25, 0.3) is 0 Å². The molecule has 0 saturated carbocycles. The van der Waals surface area contributed by atoms with Crippen LogP contribution in [-0.4, -0.2) is 20.1 Å². The van der Waals surface area contributed by atoms with Crippen LogP contribution in [0.5, 0.6) is 0 Å². The SMILES string of the molecule is O=CNS(=O)(=O)C(=O)OCc1ccccc1. The largest absolute Gasteiger partial charge is 0.448 e. The summed E-state index contributed by atoms with van der Waals surface area (Å²) in [5.41, 5.74) is 0.650. The van der Waals surface area contributed by atoms with E-state index in [1.54, 1.807) is 30.3 Å². The molecular formula is C9H9NO5S. The molecule has 0 saturated heterocycles. The van der Waals surface area contributed by atoms with Crippen LogP contribution in [0.2, 0.25) is 0 Å². The molecule has 7 heteroatoms. The number of hydrogen-bond donors (Lipinski definition) is 1. The van der Waals surface area contributed by atoms with Gasteiger partial charge >= 0.3 is 15.3 Å². The minimum absolute atomic E-state index is 0.0981. The van der Waals surface area contributed by atoms with Gasteiger partial charge in [0.1, 0.15) is 6.61 Å². The number of sulfonamides is 1. The third kappa shape index (κ3) is 3.35. The smallest absolute Gasteiger partial charge is 0.445 e. The van der Waals surface area contributed by atoms with Crippen molar-refractivity contribution in [3.63, 3.8) is 0 Å². The molecule has 16 heavy (non-hydrogen) atoms. The third-order valence-corrected chi connectivity index (χ3v) is 2.59. The number of carbonyl (C=O) groups is 2. The molecule has 1 rings (SSSR count). The second-order valence-electron chi connectivity index (χ2n) is 2.76. The van der Waals surface area contributed by atoms with Crippen LogP contribution in [0.3, 0.4) is 0 Å². The Kier molecular flexibility index (Phi) is 4.01. The first-order valence-electron chi connectivity index (χ1n) is 4.23. The van der Waals surface area contributed by atoms with Gasteiger partial charge in [-0.05, 0) is 5.56 Å². The predicted molar refractivity (Wildman–Crippen MR) is 54.7 cm³/mol. The van der Waals surface area contributed by atoms with E-state index in [0.717, 1.165) is 0 Å². The fourth-order valence-electron chi connectivity index (χ4n) is 0.906. The lowest BCUT2D eigenvalue weighted by Gasteiger charge is -2.04. The first-order chi connectivity index (χ1) is 7.56. The van der Waals surface area contributed by atoms with Crippen molar-refractivity contribution in [1.82, 2.24) is 4.72 Å². The maximum Gasteiger partial charge on any atom is 0.445 e. The van der Waals surface area contributed by atoms with E-state index in [1.165, 1.54) is 4.72 Å². The average Bonchev–Trinajstić information content (AvgIpc) is 2.27. The molecule has 1 aromatic rings. The van der Waals surface area contributed by atoms with E-state index < -0.39 is 15.3 Å². The molecule has 0 atom stereocenters. The fraction of sp³-hybridized carbons (Fsp3) is 0.111. The van der Waals surface area contributed by atoms with Crippen LogP contribution in [0.15, 0.2) is 30.3 Å². The lowest BCUT2D eigenvalue weighted by atomic mass is 10.2. The Morgan fingerprint density at radius 2 is 1.94 bits per heavy atom. The second kappa shape index (κ2) is 5.26. The quantitative estimate of drug-likeness (QED) is 0.610. The van der Waals surface area contributed by atoms with E-state index in [4.69, 9.17) is 0 Å². The maximum absolute atomic E-state index is 11.0. The number of ether oxygens (including phenoxy) is 1. The number of nitrogens with one attached hydrogen (secondary N) is 1. The van der Waals surface area contributed by atoms with Gasteiger partial charge in [-0.2, -0.15) is 8.42 Å². The zero-order chi connectivity index (χ0) is 12.0. The molecular weight excluding hydrogens is 234 g/mol. The van der Waals surface area contributed by atoms with E-state index >= 15 is 0 Å². The molecule has 0 fully saturated rings. The molecule has 1 aromatic carbocycles. The van der Waals surface area contributed by atoms with Gasteiger partial charge in [-0.15, -0.1) is 0 Å². The molecule has 1 N–H and O–H groups in total. The van der Waals surface area contributed by atoms with Gasteiger partial charge in [-0.25, -0.2) is 9.52 Å². The fourth-order valence-corrected chi connectivity index (χ4v) is 1.34. The number of amides is 1. The van der Waals surface area contributed by atoms with Crippen molar-refractivity contribution in [3.05, 3.63) is 35.9 Å². The number of rotatable bonds is 4. The van der Waals surface area contributed by atoms with Crippen molar-refractivity contribution in [2.75, 3.05) is 0 Å². The van der Waals surface area contributed by atoms with Gasteiger partial charge in [0, 0.05) is 0 Å². The van der Waals surface area contributed by atoms with Gasteiger partial charge in [-0.3, -0.25) is 4.79 Å². The summed E-state index contributed by atoms with van der Waals surface area (Å²) in [6.45, 7) is -0.167. The molecule has 1 amide bonds. The highest BCUT2D eigenvalue weighted by Gasteiger charge is 2.22. The zero-order valence-electron chi connectivity index (χ0n) is 8.12. The minimum Gasteiger partial charge on any atom is -0.448 e. The Morgan fingerprint density at radius 3 is 2.50 bits per heavy atom. The first kappa shape index (κ1) is 12.2. The van der Waals surface area contributed by atoms with E-state index in [2.05, 4.69) is 4.74 Å². The highest BCUT2D eigenvalue weighted by molar-refractivity contribution is 8.04. The number of carbonyl (C=O) groups excluding carboxylic acids is 2. The summed E-state index contributed by atoms with van der Waals surface area (Å²) in [6, 6.07) is 8.57. The van der Waals surface area contributed by atoms with E-state index in [9.17, 15) is 18.0 Å². The lowest BCUT2D eigenvalue weighted by Crippen LogP contribution is -2.30. The number of benzene rings is 1. The van der Waals surface area contributed by atoms with Gasteiger partial charge in [0.2, 0.25) is 6.41 Å². The lowest BCUT2D eigenvalue weighted by molar-refractivity contribution is -0.108. The Labute approximate surface area is 92.3 Å². The van der Waals surface area contributed by atoms with Crippen molar-refractivity contribution in [1.29, 1.82) is 0 Å². The van der Waals surface area contributed by atoms with E-state index in [0.29, 0.717) is 5.56 Å². The molecule has 0 aliphatic heterocycles. The molecule has 0 unspecified atom stereocenters. The summed E-state index contributed by atoms with van der Waals surface area (Å²) in [7, 11) is -4.36. The monoisotopic (exact) mass is 243 g/mol. The van der Waals surface area contributed by atoms with E-state index in [-0.39, 0.29) is 13.0 Å². The summed E-state index contributed by atoms with van der Waals surface area (Å²) in [6.07, 6.45) is -0.0981. The Hall–Kier alpha value is -1.89. The van der Waals surface area contributed by atoms with Gasteiger partial charge in [0.05, 0.1) is 0 Å². The van der Waals surface area contributed by atoms with Crippen LogP contribution < -0.4 is 4.72 Å². The van der Waals surface area contributed by atoms with Crippen LogP contribution >= 0.6 is 0 Å². The van der Waals surface area contributed by atoms with Crippen LogP contribution in [0.25, 0.3) is 0 Å². The molecule has 86 valence electrons. The van der Waals surface area contributed by atoms with Crippen LogP contribution in [0.1, 0.15) is 5.56 Å². The van der Waals surface area contributed by atoms with Crippen LogP contribution in [0.4, 0.5) is 4.79 Å². The summed E-state index contributed by atoms with van der Waals surface area (Å²) in [5, 5.41) is -1.48. The highest BCUT2D eigenvalue weighted by Crippen LogP contribution is 2.02. The highest BCUT2D eigenvalue weighted by atomic mass is 32.2. The first-order valence-corrected chi connectivity index (χ1v) is 5.71. The van der Waals surface area contributed by atoms with Crippen molar-refractivity contribution in [2.45, 2.75) is 6.61 Å². The average molecular weight is 243 g/mol. The predicted octanol–water partition coefficient (Wildman–Crippen LogP) is 0.399. The van der Waals surface area contributed by atoms with Crippen molar-refractivity contribution in [3.8, 4) is 0 Å². The van der Waals surface area contributed by atoms with Gasteiger partial charge in [-0.1, -0.05) is 30.3 Å². The topological polar surface area (TPSA) is 89.5 Å².